The molecule has 1 saturated carbocycles. The Labute approximate surface area is 143 Å². The van der Waals surface area contributed by atoms with Gasteiger partial charge in [-0.3, -0.25) is 14.3 Å². The number of aromatic nitrogens is 2. The highest BCUT2D eigenvalue weighted by molar-refractivity contribution is 5.96. The van der Waals surface area contributed by atoms with Crippen LogP contribution in [0.25, 0.3) is 0 Å². The fourth-order valence-corrected chi connectivity index (χ4v) is 3.76. The van der Waals surface area contributed by atoms with Gasteiger partial charge in [0.1, 0.15) is 12.2 Å². The minimum Gasteiger partial charge on any atom is -0.336 e. The fourth-order valence-electron chi connectivity index (χ4n) is 3.76. The molecule has 2 fully saturated rings. The van der Waals surface area contributed by atoms with Crippen molar-refractivity contribution < 1.29 is 9.59 Å². The van der Waals surface area contributed by atoms with Gasteiger partial charge in [0.25, 0.3) is 5.91 Å². The quantitative estimate of drug-likeness (QED) is 0.850. The van der Waals surface area contributed by atoms with E-state index in [2.05, 4.69) is 18.9 Å². The minimum atomic E-state index is -0.0735. The van der Waals surface area contributed by atoms with Gasteiger partial charge in [-0.2, -0.15) is 5.10 Å². The fraction of sp³-hybridized carbons (Fsp3) is 0.722. The number of carbonyl (C=O) groups excluding carboxylic acids is 2. The van der Waals surface area contributed by atoms with Crippen molar-refractivity contribution in [2.75, 3.05) is 19.6 Å². The third-order valence-electron chi connectivity index (χ3n) is 5.22. The molecule has 0 unspecified atom stereocenters. The van der Waals surface area contributed by atoms with Gasteiger partial charge in [0.15, 0.2) is 0 Å². The van der Waals surface area contributed by atoms with Crippen LogP contribution in [-0.2, 0) is 11.3 Å². The highest BCUT2D eigenvalue weighted by atomic mass is 16.2. The summed E-state index contributed by atoms with van der Waals surface area (Å²) in [4.78, 5) is 29.1. The van der Waals surface area contributed by atoms with Gasteiger partial charge in [0.05, 0.1) is 5.69 Å². The molecule has 1 aromatic heterocycles. The molecule has 24 heavy (non-hydrogen) atoms. The van der Waals surface area contributed by atoms with Gasteiger partial charge in [-0.1, -0.05) is 26.7 Å². The number of rotatable bonds is 4. The molecule has 1 saturated heterocycles. The Morgan fingerprint density at radius 3 is 2.58 bits per heavy atom. The van der Waals surface area contributed by atoms with Crippen LogP contribution in [0.5, 0.6) is 0 Å². The van der Waals surface area contributed by atoms with Crippen LogP contribution in [0, 0.1) is 0 Å². The van der Waals surface area contributed by atoms with Crippen molar-refractivity contribution in [3.05, 3.63) is 17.5 Å². The van der Waals surface area contributed by atoms with E-state index in [1.54, 1.807) is 9.58 Å². The molecule has 1 aliphatic carbocycles. The van der Waals surface area contributed by atoms with E-state index in [9.17, 15) is 9.59 Å². The van der Waals surface area contributed by atoms with Crippen molar-refractivity contribution in [2.24, 2.45) is 0 Å². The summed E-state index contributed by atoms with van der Waals surface area (Å²) in [5, 5.41) is 4.51. The summed E-state index contributed by atoms with van der Waals surface area (Å²) in [6, 6.07) is 2.27. The summed E-state index contributed by atoms with van der Waals surface area (Å²) in [5.41, 5.74) is 1.53. The maximum absolute atomic E-state index is 12.9. The number of piperazine rings is 1. The van der Waals surface area contributed by atoms with E-state index < -0.39 is 0 Å². The van der Waals surface area contributed by atoms with Gasteiger partial charge in [0.2, 0.25) is 5.91 Å². The predicted octanol–water partition coefficient (Wildman–Crippen LogP) is 2.25. The van der Waals surface area contributed by atoms with Gasteiger partial charge >= 0.3 is 0 Å². The van der Waals surface area contributed by atoms with Crippen LogP contribution in [0.3, 0.4) is 0 Å². The first kappa shape index (κ1) is 17.0. The molecule has 0 aromatic carbocycles. The van der Waals surface area contributed by atoms with Crippen LogP contribution in [0.4, 0.5) is 0 Å². The largest absolute Gasteiger partial charge is 0.336 e. The summed E-state index contributed by atoms with van der Waals surface area (Å²) in [7, 11) is 0. The van der Waals surface area contributed by atoms with Crippen LogP contribution >= 0.6 is 0 Å². The summed E-state index contributed by atoms with van der Waals surface area (Å²) in [6.45, 7) is 8.25. The van der Waals surface area contributed by atoms with Crippen LogP contribution < -0.4 is 0 Å². The lowest BCUT2D eigenvalue weighted by Gasteiger charge is -2.37. The minimum absolute atomic E-state index is 0.0735. The molecule has 0 spiro atoms. The molecule has 0 bridgehead atoms. The molecular weight excluding hydrogens is 304 g/mol. The lowest BCUT2D eigenvalue weighted by molar-refractivity contribution is -0.137. The third-order valence-corrected chi connectivity index (χ3v) is 5.22. The Morgan fingerprint density at radius 2 is 2.00 bits per heavy atom. The predicted molar refractivity (Wildman–Crippen MR) is 91.9 cm³/mol. The summed E-state index contributed by atoms with van der Waals surface area (Å²) in [6.07, 6.45) is 4.65. The zero-order chi connectivity index (χ0) is 17.3. The van der Waals surface area contributed by atoms with Crippen molar-refractivity contribution in [1.82, 2.24) is 19.6 Å². The number of aryl methyl sites for hydroxylation is 1. The molecule has 1 aromatic rings. The molecule has 1 aliphatic heterocycles. The summed E-state index contributed by atoms with van der Waals surface area (Å²) in [5.74, 6) is 0.300. The number of amides is 2. The van der Waals surface area contributed by atoms with Crippen LogP contribution in [-0.4, -0.2) is 57.1 Å². The average molecular weight is 332 g/mol. The summed E-state index contributed by atoms with van der Waals surface area (Å²) < 4.78 is 1.76. The molecule has 0 N–H and O–H groups in total. The molecule has 2 heterocycles. The second-order valence-corrected chi connectivity index (χ2v) is 7.18. The second kappa shape index (κ2) is 6.95. The molecule has 2 aliphatic rings. The van der Waals surface area contributed by atoms with Gasteiger partial charge < -0.3 is 9.80 Å². The molecule has 132 valence electrons. The van der Waals surface area contributed by atoms with Gasteiger partial charge in [-0.25, -0.2) is 0 Å². The van der Waals surface area contributed by atoms with Gasteiger partial charge in [-0.05, 0) is 31.7 Å². The highest BCUT2D eigenvalue weighted by Crippen LogP contribution is 2.25. The van der Waals surface area contributed by atoms with Gasteiger partial charge in [0, 0.05) is 25.7 Å². The molecule has 6 heteroatoms. The Bertz CT molecular complexity index is 617. The maximum Gasteiger partial charge on any atom is 0.272 e. The van der Waals surface area contributed by atoms with Crippen molar-refractivity contribution in [3.8, 4) is 0 Å². The normalized spacial score (nSPS) is 19.6. The second-order valence-electron chi connectivity index (χ2n) is 7.18. The van der Waals surface area contributed by atoms with Crippen molar-refractivity contribution >= 4 is 11.8 Å². The number of nitrogens with zero attached hydrogens (tertiary/aromatic N) is 4. The number of hydrogen-bond acceptors (Lipinski definition) is 3. The van der Waals surface area contributed by atoms with Crippen molar-refractivity contribution in [2.45, 2.75) is 65.0 Å². The first-order chi connectivity index (χ1) is 11.5. The summed E-state index contributed by atoms with van der Waals surface area (Å²) >= 11 is 0. The lowest BCUT2D eigenvalue weighted by Crippen LogP contribution is -2.55. The molecule has 6 nitrogen and oxygen atoms in total. The Kier molecular flexibility index (Phi) is 4.92. The van der Waals surface area contributed by atoms with Gasteiger partial charge in [-0.15, -0.1) is 0 Å². The molecule has 3 rings (SSSR count). The Balaban J connectivity index is 1.71. The highest BCUT2D eigenvalue weighted by Gasteiger charge is 2.34. The Morgan fingerprint density at radius 1 is 1.29 bits per heavy atom. The zero-order valence-corrected chi connectivity index (χ0v) is 15.0. The molecule has 2 amide bonds. The maximum atomic E-state index is 12.9. The zero-order valence-electron chi connectivity index (χ0n) is 15.0. The molecular formula is C18H28N4O2. The third kappa shape index (κ3) is 3.19. The van der Waals surface area contributed by atoms with E-state index in [0.29, 0.717) is 31.4 Å². The lowest BCUT2D eigenvalue weighted by atomic mass is 10.1. The van der Waals surface area contributed by atoms with E-state index >= 15 is 0 Å². The first-order valence-electron chi connectivity index (χ1n) is 9.17. The van der Waals surface area contributed by atoms with E-state index in [1.165, 1.54) is 12.8 Å². The molecule has 0 atom stereocenters. The van der Waals surface area contributed by atoms with E-state index in [-0.39, 0.29) is 24.3 Å². The van der Waals surface area contributed by atoms with E-state index in [4.69, 9.17) is 0 Å². The SMILES string of the molecule is CCn1nc(C(C)C)cc1C(=O)N1CCN(C2CCCC2)C(=O)C1. The number of carbonyl (C=O) groups is 2. The Hall–Kier alpha value is -1.85. The van der Waals surface area contributed by atoms with Crippen LogP contribution in [0.15, 0.2) is 6.07 Å². The van der Waals surface area contributed by atoms with Crippen molar-refractivity contribution in [3.63, 3.8) is 0 Å². The van der Waals surface area contributed by atoms with E-state index in [1.807, 2.05) is 17.9 Å². The van der Waals surface area contributed by atoms with Crippen molar-refractivity contribution in [1.29, 1.82) is 0 Å². The van der Waals surface area contributed by atoms with Crippen LogP contribution in [0.2, 0.25) is 0 Å². The number of hydrogen-bond donors (Lipinski definition) is 0. The van der Waals surface area contributed by atoms with Crippen LogP contribution in [0.1, 0.15) is 68.6 Å². The molecule has 0 radical (unpaired) electrons. The monoisotopic (exact) mass is 332 g/mol. The average Bonchev–Trinajstić information content (AvgIpc) is 3.23. The first-order valence-corrected chi connectivity index (χ1v) is 9.17. The van der Waals surface area contributed by atoms with E-state index in [0.717, 1.165) is 18.5 Å². The topological polar surface area (TPSA) is 58.4 Å². The smallest absolute Gasteiger partial charge is 0.272 e. The standard InChI is InChI=1S/C18H28N4O2/c1-4-22-16(11-15(19-22)13(2)3)18(24)20-9-10-21(17(23)12-20)14-7-5-6-8-14/h11,13-14H,4-10,12H2,1-3H3.